The van der Waals surface area contributed by atoms with Crippen LogP contribution in [-0.4, -0.2) is 25.2 Å². The van der Waals surface area contributed by atoms with E-state index < -0.39 is 5.91 Å². The normalized spacial score (nSPS) is 11.0. The van der Waals surface area contributed by atoms with Crippen molar-refractivity contribution in [2.45, 2.75) is 6.54 Å². The van der Waals surface area contributed by atoms with Gasteiger partial charge in [-0.05, 0) is 29.8 Å². The number of halogens is 1. The number of nitrogens with zero attached hydrogens (tertiary/aromatic N) is 4. The topological polar surface area (TPSA) is 81.8 Å². The van der Waals surface area contributed by atoms with Crippen molar-refractivity contribution in [1.29, 1.82) is 0 Å². The quantitative estimate of drug-likeness (QED) is 0.443. The van der Waals surface area contributed by atoms with E-state index in [-0.39, 0.29) is 16.9 Å². The van der Waals surface area contributed by atoms with Crippen LogP contribution in [0.4, 0.5) is 9.52 Å². The number of amides is 1. The fourth-order valence-electron chi connectivity index (χ4n) is 3.41. The lowest BCUT2D eigenvalue weighted by Gasteiger charge is -2.12. The van der Waals surface area contributed by atoms with Crippen LogP contribution in [0.5, 0.6) is 0 Å². The van der Waals surface area contributed by atoms with Crippen LogP contribution in [0.25, 0.3) is 16.9 Å². The number of thiazole rings is 1. The van der Waals surface area contributed by atoms with E-state index in [1.54, 1.807) is 52.8 Å². The third-order valence-corrected chi connectivity index (χ3v) is 5.59. The van der Waals surface area contributed by atoms with Gasteiger partial charge < -0.3 is 4.57 Å². The Morgan fingerprint density at radius 1 is 1.06 bits per heavy atom. The van der Waals surface area contributed by atoms with Crippen molar-refractivity contribution < 1.29 is 9.18 Å². The highest BCUT2D eigenvalue weighted by Crippen LogP contribution is 2.24. The van der Waals surface area contributed by atoms with Gasteiger partial charge in [-0.15, -0.1) is 11.3 Å². The Balaban J connectivity index is 1.63. The van der Waals surface area contributed by atoms with Crippen LogP contribution < -0.4 is 10.9 Å². The average molecular weight is 445 g/mol. The zero-order chi connectivity index (χ0) is 22.1. The van der Waals surface area contributed by atoms with Crippen molar-refractivity contribution >= 4 is 22.4 Å². The highest BCUT2D eigenvalue weighted by molar-refractivity contribution is 7.13. The molecule has 0 aliphatic carbocycles. The number of pyridine rings is 1. The number of anilines is 1. The number of aromatic nitrogens is 4. The summed E-state index contributed by atoms with van der Waals surface area (Å²) < 4.78 is 16.3. The van der Waals surface area contributed by atoms with Crippen molar-refractivity contribution in [3.05, 3.63) is 106 Å². The van der Waals surface area contributed by atoms with Gasteiger partial charge in [0.2, 0.25) is 0 Å². The molecule has 0 spiro atoms. The van der Waals surface area contributed by atoms with Gasteiger partial charge in [0.15, 0.2) is 5.13 Å². The zero-order valence-electron chi connectivity index (χ0n) is 16.6. The summed E-state index contributed by atoms with van der Waals surface area (Å²) in [5.74, 6) is -0.750. The Hall–Kier alpha value is -4.11. The van der Waals surface area contributed by atoms with Gasteiger partial charge in [0.25, 0.3) is 11.5 Å². The van der Waals surface area contributed by atoms with Crippen molar-refractivity contribution in [2.24, 2.45) is 0 Å². The molecular weight excluding hydrogens is 429 g/mol. The molecule has 0 atom stereocenters. The Kier molecular flexibility index (Phi) is 5.08. The zero-order valence-corrected chi connectivity index (χ0v) is 17.4. The van der Waals surface area contributed by atoms with E-state index >= 15 is 0 Å². The molecule has 2 aliphatic rings. The number of benzene rings is 2. The maximum atomic E-state index is 13.3. The molecule has 0 saturated carbocycles. The molecule has 0 unspecified atom stereocenters. The molecule has 3 aromatic rings. The van der Waals surface area contributed by atoms with Crippen molar-refractivity contribution in [1.82, 2.24) is 19.3 Å². The van der Waals surface area contributed by atoms with Gasteiger partial charge in [0, 0.05) is 30.5 Å². The summed E-state index contributed by atoms with van der Waals surface area (Å²) in [5, 5.41) is 9.41. The second-order valence-electron chi connectivity index (χ2n) is 7.08. The molecule has 3 heterocycles. The SMILES string of the molecule is O=C(Nc1nccs1)c1cn(Cc2ccc(F)cc2)cc2c(=O)n(-c3ccccc3)nc1-2. The number of fused-ring (bicyclic) bond motifs is 1. The molecule has 32 heavy (non-hydrogen) atoms. The largest absolute Gasteiger partial charge is 0.348 e. The van der Waals surface area contributed by atoms with Gasteiger partial charge in [-0.3, -0.25) is 14.9 Å². The van der Waals surface area contributed by atoms with E-state index in [1.807, 2.05) is 18.2 Å². The summed E-state index contributed by atoms with van der Waals surface area (Å²) in [5.41, 5.74) is 1.94. The predicted octanol–water partition coefficient (Wildman–Crippen LogP) is 4.04. The van der Waals surface area contributed by atoms with Crippen LogP contribution in [0.1, 0.15) is 15.9 Å². The first-order chi connectivity index (χ1) is 15.6. The highest BCUT2D eigenvalue weighted by atomic mass is 32.1. The fourth-order valence-corrected chi connectivity index (χ4v) is 3.94. The summed E-state index contributed by atoms with van der Waals surface area (Å²) in [4.78, 5) is 30.3. The van der Waals surface area contributed by atoms with Crippen LogP contribution in [0.2, 0.25) is 0 Å². The smallest absolute Gasteiger partial charge is 0.282 e. The first kappa shape index (κ1) is 19.8. The number of nitrogens with one attached hydrogen (secondary N) is 1. The lowest BCUT2D eigenvalue weighted by Crippen LogP contribution is -2.18. The van der Waals surface area contributed by atoms with E-state index in [1.165, 1.54) is 28.2 Å². The molecule has 7 nitrogen and oxygen atoms in total. The molecule has 9 heteroatoms. The number of hydrogen-bond acceptors (Lipinski definition) is 5. The van der Waals surface area contributed by atoms with E-state index in [4.69, 9.17) is 0 Å². The van der Waals surface area contributed by atoms with Gasteiger partial charge in [-0.2, -0.15) is 9.78 Å². The predicted molar refractivity (Wildman–Crippen MR) is 120 cm³/mol. The fraction of sp³-hybridized carbons (Fsp3) is 0.0435. The molecule has 1 N–H and O–H groups in total. The Morgan fingerprint density at radius 2 is 1.84 bits per heavy atom. The Labute approximate surface area is 185 Å². The van der Waals surface area contributed by atoms with E-state index in [0.29, 0.717) is 28.6 Å². The first-order valence-electron chi connectivity index (χ1n) is 9.72. The lowest BCUT2D eigenvalue weighted by atomic mass is 10.1. The molecule has 5 rings (SSSR count). The number of rotatable bonds is 5. The molecule has 0 radical (unpaired) electrons. The van der Waals surface area contributed by atoms with E-state index in [2.05, 4.69) is 15.4 Å². The summed E-state index contributed by atoms with van der Waals surface area (Å²) in [6.45, 7) is 0.351. The number of carbonyl (C=O) groups is 1. The Bertz CT molecular complexity index is 1410. The second kappa shape index (κ2) is 8.20. The second-order valence-corrected chi connectivity index (χ2v) is 7.97. The van der Waals surface area contributed by atoms with Crippen molar-refractivity contribution in [2.75, 3.05) is 5.32 Å². The van der Waals surface area contributed by atoms with Crippen LogP contribution in [0.15, 0.2) is 83.4 Å². The molecule has 2 aliphatic heterocycles. The van der Waals surface area contributed by atoms with Gasteiger partial charge in [-0.25, -0.2) is 9.37 Å². The molecule has 0 saturated heterocycles. The first-order valence-corrected chi connectivity index (χ1v) is 10.6. The maximum absolute atomic E-state index is 13.3. The molecule has 0 bridgehead atoms. The standard InChI is InChI=1S/C23H16FN5O2S/c24-16-8-6-15(7-9-16)12-28-13-18(21(30)26-23-25-10-11-32-23)20-19(14-28)22(31)29(27-20)17-4-2-1-3-5-17/h1-11,13-14H,12H2,(H,25,26,30). The van der Waals surface area contributed by atoms with Crippen LogP contribution in [0, 0.1) is 5.82 Å². The molecule has 0 fully saturated rings. The van der Waals surface area contributed by atoms with Crippen LogP contribution in [-0.2, 0) is 6.54 Å². The lowest BCUT2D eigenvalue weighted by molar-refractivity contribution is 0.102. The third-order valence-electron chi connectivity index (χ3n) is 4.90. The van der Waals surface area contributed by atoms with E-state index in [9.17, 15) is 14.0 Å². The maximum Gasteiger partial charge on any atom is 0.282 e. The van der Waals surface area contributed by atoms with Gasteiger partial charge in [0.05, 0.1) is 16.8 Å². The highest BCUT2D eigenvalue weighted by Gasteiger charge is 2.25. The van der Waals surface area contributed by atoms with Crippen LogP contribution >= 0.6 is 11.3 Å². The van der Waals surface area contributed by atoms with Crippen LogP contribution in [0.3, 0.4) is 0 Å². The summed E-state index contributed by atoms with van der Waals surface area (Å²) in [6, 6.07) is 15.1. The average Bonchev–Trinajstić information content (AvgIpc) is 3.43. The summed E-state index contributed by atoms with van der Waals surface area (Å²) >= 11 is 1.29. The monoisotopic (exact) mass is 445 g/mol. The molecule has 2 aromatic carbocycles. The molecular formula is C23H16FN5O2S. The van der Waals surface area contributed by atoms with Crippen molar-refractivity contribution in [3.8, 4) is 16.9 Å². The minimum atomic E-state index is -0.420. The number of para-hydroxylation sites is 1. The Morgan fingerprint density at radius 3 is 2.56 bits per heavy atom. The number of carbonyl (C=O) groups excluding carboxylic acids is 1. The molecule has 158 valence electrons. The molecule has 1 amide bonds. The van der Waals surface area contributed by atoms with Gasteiger partial charge in [0.1, 0.15) is 11.5 Å². The van der Waals surface area contributed by atoms with Gasteiger partial charge in [-0.1, -0.05) is 30.3 Å². The number of hydrogen-bond donors (Lipinski definition) is 1. The van der Waals surface area contributed by atoms with E-state index in [0.717, 1.165) is 5.56 Å². The third kappa shape index (κ3) is 3.81. The summed E-state index contributed by atoms with van der Waals surface area (Å²) in [6.07, 6.45) is 4.89. The van der Waals surface area contributed by atoms with Gasteiger partial charge >= 0.3 is 0 Å². The molecule has 1 aromatic heterocycles. The minimum Gasteiger partial charge on any atom is -0.348 e. The summed E-state index contributed by atoms with van der Waals surface area (Å²) in [7, 11) is 0. The van der Waals surface area contributed by atoms with Crippen molar-refractivity contribution in [3.63, 3.8) is 0 Å². The minimum absolute atomic E-state index is 0.242.